The van der Waals surface area contributed by atoms with Gasteiger partial charge in [-0.1, -0.05) is 0 Å². The number of ether oxygens (including phenoxy) is 4. The van der Waals surface area contributed by atoms with Crippen molar-refractivity contribution in [2.75, 3.05) is 31.7 Å². The Balaban J connectivity index is 1.35. The SMILES string of the molecule is CCOC(CCNS(=O)(=O)c1ccc(Nc2nc3c(OC4CCC4)c(-c4cnn(C(C)OCC)c4)ncn3n2)c(C)c1)OCC. The van der Waals surface area contributed by atoms with Gasteiger partial charge in [-0.05, 0) is 77.6 Å². The molecule has 5 rings (SSSR count). The maximum atomic E-state index is 13.0. The van der Waals surface area contributed by atoms with Crippen LogP contribution in [0, 0.1) is 6.92 Å². The normalized spacial score (nSPS) is 14.6. The summed E-state index contributed by atoms with van der Waals surface area (Å²) in [6.45, 7) is 11.2. The van der Waals surface area contributed by atoms with E-state index in [9.17, 15) is 8.42 Å². The number of nitrogens with zero attached hydrogens (tertiary/aromatic N) is 6. The second-order valence-corrected chi connectivity index (χ2v) is 12.5. The number of fused-ring (bicyclic) bond motifs is 1. The number of aryl methyl sites for hydroxylation is 1. The lowest BCUT2D eigenvalue weighted by Crippen LogP contribution is -2.29. The van der Waals surface area contributed by atoms with Gasteiger partial charge in [0.15, 0.2) is 12.0 Å². The largest absolute Gasteiger partial charge is 0.484 e. The molecule has 3 aromatic heterocycles. The molecule has 0 spiro atoms. The second-order valence-electron chi connectivity index (χ2n) is 10.7. The van der Waals surface area contributed by atoms with Gasteiger partial charge in [-0.2, -0.15) is 14.6 Å². The average molecular weight is 643 g/mol. The minimum absolute atomic E-state index is 0.0804. The number of anilines is 2. The molecule has 4 aromatic rings. The Labute approximate surface area is 263 Å². The molecule has 244 valence electrons. The fourth-order valence-electron chi connectivity index (χ4n) is 4.88. The van der Waals surface area contributed by atoms with Crippen LogP contribution in [0.15, 0.2) is 41.8 Å². The van der Waals surface area contributed by atoms with Crippen LogP contribution in [0.2, 0.25) is 0 Å². The molecule has 2 N–H and O–H groups in total. The van der Waals surface area contributed by atoms with Gasteiger partial charge in [0, 0.05) is 50.2 Å². The van der Waals surface area contributed by atoms with E-state index in [0.29, 0.717) is 60.5 Å². The first-order chi connectivity index (χ1) is 21.7. The van der Waals surface area contributed by atoms with Crippen LogP contribution in [0.4, 0.5) is 11.6 Å². The van der Waals surface area contributed by atoms with Crippen molar-refractivity contribution in [1.29, 1.82) is 0 Å². The van der Waals surface area contributed by atoms with Crippen LogP contribution in [-0.4, -0.2) is 76.5 Å². The van der Waals surface area contributed by atoms with E-state index in [1.807, 2.05) is 40.8 Å². The lowest BCUT2D eigenvalue weighted by molar-refractivity contribution is -0.138. The number of aromatic nitrogens is 6. The minimum Gasteiger partial charge on any atom is -0.484 e. The van der Waals surface area contributed by atoms with Gasteiger partial charge in [0.1, 0.15) is 18.2 Å². The molecule has 45 heavy (non-hydrogen) atoms. The topological polar surface area (TPSA) is 156 Å². The van der Waals surface area contributed by atoms with E-state index in [2.05, 4.69) is 25.2 Å². The lowest BCUT2D eigenvalue weighted by Gasteiger charge is -2.27. The standard InChI is InChI=1S/C30H42N8O6S/c1-6-41-21(5)37-18-22(17-32-37)27-28(44-23-10-9-11-23)29-35-30(36-38(29)19-31-27)34-25-13-12-24(16-20(25)4)45(39,40)33-15-14-26(42-7-2)43-8-3/h12-13,16-19,21,23,26,33H,6-11,14-15H2,1-5H3,(H,34,36). The molecule has 1 fully saturated rings. The van der Waals surface area contributed by atoms with Crippen molar-refractivity contribution in [1.82, 2.24) is 34.1 Å². The van der Waals surface area contributed by atoms with E-state index in [1.54, 1.807) is 39.9 Å². The third-order valence-electron chi connectivity index (χ3n) is 7.47. The minimum atomic E-state index is -3.73. The van der Waals surface area contributed by atoms with Crippen molar-refractivity contribution in [3.05, 3.63) is 42.5 Å². The van der Waals surface area contributed by atoms with Crippen LogP contribution in [0.25, 0.3) is 16.9 Å². The molecule has 0 bridgehead atoms. The van der Waals surface area contributed by atoms with E-state index < -0.39 is 16.3 Å². The Kier molecular flexibility index (Phi) is 10.7. The summed E-state index contributed by atoms with van der Waals surface area (Å²) in [5, 5.41) is 12.3. The Hall–Kier alpha value is -3.63. The molecule has 1 aliphatic carbocycles. The molecule has 1 aromatic carbocycles. The quantitative estimate of drug-likeness (QED) is 0.155. The van der Waals surface area contributed by atoms with Crippen molar-refractivity contribution >= 4 is 27.3 Å². The Morgan fingerprint density at radius 2 is 1.84 bits per heavy atom. The highest BCUT2D eigenvalue weighted by Crippen LogP contribution is 2.36. The molecule has 1 atom stereocenters. The summed E-state index contributed by atoms with van der Waals surface area (Å²) in [5.74, 6) is 0.856. The summed E-state index contributed by atoms with van der Waals surface area (Å²) >= 11 is 0. The smallest absolute Gasteiger partial charge is 0.247 e. The molecule has 14 nitrogen and oxygen atoms in total. The molecule has 1 unspecified atom stereocenters. The number of benzene rings is 1. The molecule has 3 heterocycles. The maximum absolute atomic E-state index is 13.0. The van der Waals surface area contributed by atoms with Crippen LogP contribution in [0.5, 0.6) is 5.75 Å². The highest BCUT2D eigenvalue weighted by molar-refractivity contribution is 7.89. The zero-order valence-electron chi connectivity index (χ0n) is 26.4. The summed E-state index contributed by atoms with van der Waals surface area (Å²) in [6.07, 6.45) is 8.05. The average Bonchev–Trinajstić information content (AvgIpc) is 3.64. The summed E-state index contributed by atoms with van der Waals surface area (Å²) in [4.78, 5) is 9.56. The number of hydrogen-bond acceptors (Lipinski definition) is 11. The van der Waals surface area contributed by atoms with E-state index in [4.69, 9.17) is 23.9 Å². The molecule has 0 radical (unpaired) electrons. The first kappa shape index (κ1) is 32.8. The van der Waals surface area contributed by atoms with Crippen LogP contribution < -0.4 is 14.8 Å². The zero-order valence-corrected chi connectivity index (χ0v) is 27.2. The third-order valence-corrected chi connectivity index (χ3v) is 8.93. The van der Waals surface area contributed by atoms with Crippen LogP contribution in [0.3, 0.4) is 0 Å². The Bertz CT molecular complexity index is 1680. The Morgan fingerprint density at radius 3 is 2.51 bits per heavy atom. The van der Waals surface area contributed by atoms with Crippen LogP contribution >= 0.6 is 0 Å². The van der Waals surface area contributed by atoms with Crippen LogP contribution in [0.1, 0.15) is 65.2 Å². The molecular formula is C30H42N8O6S. The predicted octanol–water partition coefficient (Wildman–Crippen LogP) is 4.59. The number of hydrogen-bond donors (Lipinski definition) is 2. The fourth-order valence-corrected chi connectivity index (χ4v) is 6.01. The van der Waals surface area contributed by atoms with Gasteiger partial charge in [-0.3, -0.25) is 0 Å². The van der Waals surface area contributed by atoms with Gasteiger partial charge in [0.2, 0.25) is 21.6 Å². The van der Waals surface area contributed by atoms with Gasteiger partial charge in [-0.15, -0.1) is 5.10 Å². The lowest BCUT2D eigenvalue weighted by atomic mass is 9.96. The monoisotopic (exact) mass is 642 g/mol. The predicted molar refractivity (Wildman–Crippen MR) is 168 cm³/mol. The molecule has 0 amide bonds. The van der Waals surface area contributed by atoms with Crippen molar-refractivity contribution in [3.8, 4) is 17.0 Å². The highest BCUT2D eigenvalue weighted by atomic mass is 32.2. The molecular weight excluding hydrogens is 600 g/mol. The van der Waals surface area contributed by atoms with Crippen LogP contribution in [-0.2, 0) is 24.2 Å². The van der Waals surface area contributed by atoms with Crippen molar-refractivity contribution in [2.45, 2.75) is 83.8 Å². The van der Waals surface area contributed by atoms with E-state index in [0.717, 1.165) is 24.8 Å². The zero-order chi connectivity index (χ0) is 32.0. The molecule has 1 aliphatic rings. The van der Waals surface area contributed by atoms with Gasteiger partial charge in [-0.25, -0.2) is 22.8 Å². The molecule has 0 saturated heterocycles. The highest BCUT2D eigenvalue weighted by Gasteiger charge is 2.26. The molecule has 1 saturated carbocycles. The van der Waals surface area contributed by atoms with Crippen molar-refractivity contribution < 1.29 is 27.4 Å². The molecule has 15 heteroatoms. The summed E-state index contributed by atoms with van der Waals surface area (Å²) < 4.78 is 55.0. The second kappa shape index (κ2) is 14.6. The number of sulfonamides is 1. The van der Waals surface area contributed by atoms with Gasteiger partial charge in [0.05, 0.1) is 17.2 Å². The Morgan fingerprint density at radius 1 is 1.09 bits per heavy atom. The van der Waals surface area contributed by atoms with E-state index in [1.165, 1.54) is 0 Å². The summed E-state index contributed by atoms with van der Waals surface area (Å²) in [7, 11) is -3.73. The fraction of sp³-hybridized carbons (Fsp3) is 0.533. The maximum Gasteiger partial charge on any atom is 0.247 e. The number of rotatable bonds is 17. The number of nitrogens with one attached hydrogen (secondary N) is 2. The van der Waals surface area contributed by atoms with Gasteiger partial charge < -0.3 is 24.3 Å². The summed E-state index contributed by atoms with van der Waals surface area (Å²) in [6, 6.07) is 4.85. The van der Waals surface area contributed by atoms with E-state index in [-0.39, 0.29) is 23.8 Å². The molecule has 0 aliphatic heterocycles. The van der Waals surface area contributed by atoms with E-state index >= 15 is 0 Å². The first-order valence-electron chi connectivity index (χ1n) is 15.4. The van der Waals surface area contributed by atoms with Gasteiger partial charge >= 0.3 is 0 Å². The van der Waals surface area contributed by atoms with Crippen molar-refractivity contribution in [3.63, 3.8) is 0 Å². The third kappa shape index (κ3) is 7.79. The van der Waals surface area contributed by atoms with Gasteiger partial charge in [0.25, 0.3) is 0 Å². The van der Waals surface area contributed by atoms with Crippen molar-refractivity contribution in [2.24, 2.45) is 0 Å². The summed E-state index contributed by atoms with van der Waals surface area (Å²) in [5.41, 5.74) is 3.29. The first-order valence-corrected chi connectivity index (χ1v) is 16.9.